The molecule has 0 amide bonds. The Balaban J connectivity index is 2.60. The van der Waals surface area contributed by atoms with Gasteiger partial charge < -0.3 is 10.4 Å². The van der Waals surface area contributed by atoms with Gasteiger partial charge in [0.05, 0.1) is 6.54 Å². The molecule has 1 atom stereocenters. The van der Waals surface area contributed by atoms with Gasteiger partial charge in [-0.2, -0.15) is 0 Å². The van der Waals surface area contributed by atoms with E-state index >= 15 is 0 Å². The smallest absolute Gasteiger partial charge is 0.282 e. The summed E-state index contributed by atoms with van der Waals surface area (Å²) in [6.07, 6.45) is 0. The number of halogens is 3. The van der Waals surface area contributed by atoms with Crippen LogP contribution in [0.2, 0.25) is 0 Å². The minimum atomic E-state index is -3.07. The molecule has 0 aromatic heterocycles. The van der Waals surface area contributed by atoms with Crippen molar-refractivity contribution in [2.45, 2.75) is 18.9 Å². The lowest BCUT2D eigenvalue weighted by atomic mass is 10.1. The highest BCUT2D eigenvalue weighted by molar-refractivity contribution is 9.10. The van der Waals surface area contributed by atoms with Gasteiger partial charge in [0.1, 0.15) is 6.61 Å². The van der Waals surface area contributed by atoms with Gasteiger partial charge in [0.15, 0.2) is 0 Å². The molecule has 0 radical (unpaired) electrons. The number of rotatable bonds is 5. The molecule has 0 fully saturated rings. The average molecular weight is 294 g/mol. The van der Waals surface area contributed by atoms with Crippen molar-refractivity contribution in [1.82, 2.24) is 5.32 Å². The van der Waals surface area contributed by atoms with Gasteiger partial charge in [-0.3, -0.25) is 0 Å². The van der Waals surface area contributed by atoms with Crippen molar-refractivity contribution < 1.29 is 13.9 Å². The van der Waals surface area contributed by atoms with Crippen LogP contribution in [0, 0.1) is 0 Å². The minimum Gasteiger partial charge on any atom is -0.390 e. The molecular weight excluding hydrogens is 280 g/mol. The normalized spacial score (nSPS) is 13.8. The van der Waals surface area contributed by atoms with Crippen LogP contribution in [0.15, 0.2) is 28.7 Å². The molecule has 0 spiro atoms. The molecule has 1 aromatic rings. The Bertz CT molecular complexity index is 347. The second-order valence-electron chi connectivity index (χ2n) is 3.64. The third-order valence-corrected chi connectivity index (χ3v) is 2.99. The standard InChI is InChI=1S/C11H14BrF2NO/c1-8(15-6-11(13,14)7-16)9-4-2-3-5-10(9)12/h2-5,8,15-16H,6-7H2,1H3. The van der Waals surface area contributed by atoms with Crippen LogP contribution in [-0.4, -0.2) is 24.2 Å². The summed E-state index contributed by atoms with van der Waals surface area (Å²) in [4.78, 5) is 0. The molecule has 1 aromatic carbocycles. The molecule has 1 unspecified atom stereocenters. The summed E-state index contributed by atoms with van der Waals surface area (Å²) in [7, 11) is 0. The fraction of sp³-hybridized carbons (Fsp3) is 0.455. The van der Waals surface area contributed by atoms with E-state index in [0.29, 0.717) is 0 Å². The molecule has 1 rings (SSSR count). The number of aliphatic hydroxyl groups is 1. The molecule has 16 heavy (non-hydrogen) atoms. The Kier molecular flexibility index (Phi) is 4.83. The Hall–Kier alpha value is -0.520. The third-order valence-electron chi connectivity index (χ3n) is 2.27. The average Bonchev–Trinajstić information content (AvgIpc) is 2.27. The summed E-state index contributed by atoms with van der Waals surface area (Å²) in [6, 6.07) is 7.23. The van der Waals surface area contributed by atoms with Crippen LogP contribution in [0.3, 0.4) is 0 Å². The van der Waals surface area contributed by atoms with Gasteiger partial charge in [0.25, 0.3) is 5.92 Å². The van der Waals surface area contributed by atoms with Crippen molar-refractivity contribution in [1.29, 1.82) is 0 Å². The maximum absolute atomic E-state index is 12.8. The number of alkyl halides is 2. The first-order valence-electron chi connectivity index (χ1n) is 4.93. The van der Waals surface area contributed by atoms with Gasteiger partial charge in [-0.05, 0) is 18.6 Å². The van der Waals surface area contributed by atoms with Crippen molar-refractivity contribution in [3.05, 3.63) is 34.3 Å². The first-order valence-corrected chi connectivity index (χ1v) is 5.72. The van der Waals surface area contributed by atoms with Crippen LogP contribution >= 0.6 is 15.9 Å². The van der Waals surface area contributed by atoms with Crippen molar-refractivity contribution in [2.75, 3.05) is 13.2 Å². The van der Waals surface area contributed by atoms with Crippen molar-refractivity contribution in [3.63, 3.8) is 0 Å². The highest BCUT2D eigenvalue weighted by Gasteiger charge is 2.28. The topological polar surface area (TPSA) is 32.3 Å². The molecule has 2 N–H and O–H groups in total. The zero-order valence-corrected chi connectivity index (χ0v) is 10.5. The number of aliphatic hydroxyl groups excluding tert-OH is 1. The van der Waals surface area contributed by atoms with E-state index in [1.807, 2.05) is 24.3 Å². The van der Waals surface area contributed by atoms with Crippen LogP contribution in [0.25, 0.3) is 0 Å². The van der Waals surface area contributed by atoms with Crippen LogP contribution in [0.4, 0.5) is 8.78 Å². The molecule has 0 aliphatic carbocycles. The Morgan fingerprint density at radius 2 is 2.06 bits per heavy atom. The van der Waals surface area contributed by atoms with E-state index in [0.717, 1.165) is 10.0 Å². The van der Waals surface area contributed by atoms with Crippen LogP contribution in [0.1, 0.15) is 18.5 Å². The summed E-state index contributed by atoms with van der Waals surface area (Å²) in [5.74, 6) is -3.07. The van der Waals surface area contributed by atoms with Crippen LogP contribution in [-0.2, 0) is 0 Å². The van der Waals surface area contributed by atoms with Gasteiger partial charge in [-0.25, -0.2) is 8.78 Å². The molecule has 2 nitrogen and oxygen atoms in total. The summed E-state index contributed by atoms with van der Waals surface area (Å²) in [5.41, 5.74) is 0.913. The van der Waals surface area contributed by atoms with E-state index in [1.54, 1.807) is 6.92 Å². The van der Waals surface area contributed by atoms with E-state index < -0.39 is 19.1 Å². The lowest BCUT2D eigenvalue weighted by molar-refractivity contribution is -0.0490. The molecule has 0 heterocycles. The first-order chi connectivity index (χ1) is 7.46. The molecule has 5 heteroatoms. The number of hydrogen-bond acceptors (Lipinski definition) is 2. The Morgan fingerprint density at radius 1 is 1.44 bits per heavy atom. The molecule has 0 aliphatic heterocycles. The fourth-order valence-electron chi connectivity index (χ4n) is 1.29. The Labute approximate surface area is 102 Å². The van der Waals surface area contributed by atoms with Gasteiger partial charge >= 0.3 is 0 Å². The van der Waals surface area contributed by atoms with Crippen molar-refractivity contribution in [3.8, 4) is 0 Å². The molecule has 0 bridgehead atoms. The van der Waals surface area contributed by atoms with Gasteiger partial charge in [-0.1, -0.05) is 34.1 Å². The van der Waals surface area contributed by atoms with Gasteiger partial charge in [-0.15, -0.1) is 0 Å². The van der Waals surface area contributed by atoms with Crippen molar-refractivity contribution >= 4 is 15.9 Å². The molecule has 0 saturated heterocycles. The zero-order chi connectivity index (χ0) is 12.2. The predicted octanol–water partition coefficient (Wildman–Crippen LogP) is 2.73. The lowest BCUT2D eigenvalue weighted by Gasteiger charge is -2.19. The second-order valence-corrected chi connectivity index (χ2v) is 4.49. The highest BCUT2D eigenvalue weighted by Crippen LogP contribution is 2.23. The second kappa shape index (κ2) is 5.70. The summed E-state index contributed by atoms with van der Waals surface area (Å²) < 4.78 is 26.5. The minimum absolute atomic E-state index is 0.201. The summed E-state index contributed by atoms with van der Waals surface area (Å²) >= 11 is 3.36. The monoisotopic (exact) mass is 293 g/mol. The van der Waals surface area contributed by atoms with Crippen LogP contribution < -0.4 is 5.32 Å². The van der Waals surface area contributed by atoms with E-state index in [4.69, 9.17) is 5.11 Å². The predicted molar refractivity (Wildman–Crippen MR) is 62.6 cm³/mol. The largest absolute Gasteiger partial charge is 0.390 e. The summed E-state index contributed by atoms with van der Waals surface area (Å²) in [5, 5.41) is 11.1. The number of benzene rings is 1. The SMILES string of the molecule is CC(NCC(F)(F)CO)c1ccccc1Br. The fourth-order valence-corrected chi connectivity index (χ4v) is 1.92. The van der Waals surface area contributed by atoms with E-state index in [9.17, 15) is 8.78 Å². The van der Waals surface area contributed by atoms with Crippen molar-refractivity contribution in [2.24, 2.45) is 0 Å². The quantitative estimate of drug-likeness (QED) is 0.875. The van der Waals surface area contributed by atoms with E-state index in [-0.39, 0.29) is 6.04 Å². The maximum atomic E-state index is 12.8. The lowest BCUT2D eigenvalue weighted by Crippen LogP contribution is -2.37. The molecule has 90 valence electrons. The zero-order valence-electron chi connectivity index (χ0n) is 8.88. The number of hydrogen-bond donors (Lipinski definition) is 2. The highest BCUT2D eigenvalue weighted by atomic mass is 79.9. The van der Waals surface area contributed by atoms with Gasteiger partial charge in [0, 0.05) is 10.5 Å². The van der Waals surface area contributed by atoms with Gasteiger partial charge in [0.2, 0.25) is 0 Å². The molecular formula is C11H14BrF2NO. The van der Waals surface area contributed by atoms with E-state index in [2.05, 4.69) is 21.2 Å². The molecule has 0 saturated carbocycles. The summed E-state index contributed by atoms with van der Waals surface area (Å²) in [6.45, 7) is 0.127. The number of nitrogens with one attached hydrogen (secondary N) is 1. The van der Waals surface area contributed by atoms with Crippen LogP contribution in [0.5, 0.6) is 0 Å². The molecule has 0 aliphatic rings. The Morgan fingerprint density at radius 3 is 2.62 bits per heavy atom. The first kappa shape index (κ1) is 13.5. The maximum Gasteiger partial charge on any atom is 0.282 e. The third kappa shape index (κ3) is 3.81. The van der Waals surface area contributed by atoms with E-state index in [1.165, 1.54) is 0 Å².